The van der Waals surface area contributed by atoms with Crippen molar-refractivity contribution in [2.24, 2.45) is 11.5 Å². The van der Waals surface area contributed by atoms with Gasteiger partial charge in [-0.25, -0.2) is 0 Å². The molecule has 1 aliphatic heterocycles. The monoisotopic (exact) mass is 104 g/mol. The van der Waals surface area contributed by atoms with Gasteiger partial charge in [0.2, 0.25) is 0 Å². The predicted molar refractivity (Wildman–Crippen MR) is 23.0 cm³/mol. The maximum atomic E-state index is 5.21. The van der Waals surface area contributed by atoms with E-state index in [9.17, 15) is 0 Å². The molecule has 1 rings (SSSR count). The smallest absolute Gasteiger partial charge is 0.151 e. The first kappa shape index (κ1) is 4.99. The third-order valence-corrected chi connectivity index (χ3v) is 0.845. The summed E-state index contributed by atoms with van der Waals surface area (Å²) in [5.74, 6) is 0. The average molecular weight is 104 g/mol. The first-order valence-corrected chi connectivity index (χ1v) is 2.05. The Bertz CT molecular complexity index is 60.0. The van der Waals surface area contributed by atoms with Crippen LogP contribution in [0.5, 0.6) is 0 Å². The molecule has 2 unspecified atom stereocenters. The summed E-state index contributed by atoms with van der Waals surface area (Å²) in [5, 5.41) is 0. The average Bonchev–Trinajstić information content (AvgIpc) is 1.91. The van der Waals surface area contributed by atoms with Crippen molar-refractivity contribution < 1.29 is 9.47 Å². The number of hydrogen-bond acceptors (Lipinski definition) is 4. The molecular weight excluding hydrogens is 96.0 g/mol. The van der Waals surface area contributed by atoms with E-state index < -0.39 is 12.5 Å². The molecule has 0 bridgehead atoms. The highest BCUT2D eigenvalue weighted by Gasteiger charge is 2.20. The highest BCUT2D eigenvalue weighted by atomic mass is 16.7. The molecule has 2 atom stereocenters. The van der Waals surface area contributed by atoms with Gasteiger partial charge in [0.05, 0.1) is 0 Å². The highest BCUT2D eigenvalue weighted by molar-refractivity contribution is 4.58. The first-order chi connectivity index (χ1) is 3.30. The van der Waals surface area contributed by atoms with E-state index in [0.29, 0.717) is 0 Å². The number of hydrogen-bond donors (Lipinski definition) is 2. The Morgan fingerprint density at radius 1 is 1.14 bits per heavy atom. The Kier molecular flexibility index (Phi) is 1.25. The minimum atomic E-state index is -0.431. The summed E-state index contributed by atoms with van der Waals surface area (Å²) in [6.45, 7) is 0.225. The van der Waals surface area contributed by atoms with E-state index in [4.69, 9.17) is 20.9 Å². The molecule has 7 heavy (non-hydrogen) atoms. The fraction of sp³-hybridized carbons (Fsp3) is 1.00. The molecule has 1 saturated heterocycles. The van der Waals surface area contributed by atoms with Crippen LogP contribution in [0, 0.1) is 0 Å². The van der Waals surface area contributed by atoms with E-state index in [-0.39, 0.29) is 6.79 Å². The van der Waals surface area contributed by atoms with Crippen LogP contribution in [-0.2, 0) is 9.47 Å². The zero-order chi connectivity index (χ0) is 5.28. The lowest BCUT2D eigenvalue weighted by atomic mass is 10.5. The summed E-state index contributed by atoms with van der Waals surface area (Å²) in [7, 11) is 0. The van der Waals surface area contributed by atoms with Crippen LogP contribution < -0.4 is 11.5 Å². The van der Waals surface area contributed by atoms with Gasteiger partial charge in [-0.15, -0.1) is 0 Å². The lowest BCUT2D eigenvalue weighted by molar-refractivity contribution is 0.0403. The summed E-state index contributed by atoms with van der Waals surface area (Å²) >= 11 is 0. The minimum absolute atomic E-state index is 0.225. The second-order valence-electron chi connectivity index (χ2n) is 1.38. The third kappa shape index (κ3) is 0.889. The van der Waals surface area contributed by atoms with Crippen LogP contribution in [0.2, 0.25) is 0 Å². The lowest BCUT2D eigenvalue weighted by Gasteiger charge is -2.02. The van der Waals surface area contributed by atoms with E-state index >= 15 is 0 Å². The molecule has 0 aromatic rings. The van der Waals surface area contributed by atoms with Gasteiger partial charge in [0.25, 0.3) is 0 Å². The van der Waals surface area contributed by atoms with Gasteiger partial charge in [-0.2, -0.15) is 0 Å². The molecule has 4 heteroatoms. The molecular formula is C3H8N2O2. The second kappa shape index (κ2) is 1.75. The summed E-state index contributed by atoms with van der Waals surface area (Å²) < 4.78 is 9.39. The van der Waals surface area contributed by atoms with Crippen molar-refractivity contribution in [1.82, 2.24) is 0 Å². The molecule has 4 N–H and O–H groups in total. The van der Waals surface area contributed by atoms with Crippen molar-refractivity contribution in [3.05, 3.63) is 0 Å². The summed E-state index contributed by atoms with van der Waals surface area (Å²) in [6, 6.07) is 0. The fourth-order valence-electron chi connectivity index (χ4n) is 0.386. The number of nitrogens with two attached hydrogens (primary N) is 2. The molecule has 0 spiro atoms. The van der Waals surface area contributed by atoms with Crippen LogP contribution >= 0.6 is 0 Å². The topological polar surface area (TPSA) is 70.5 Å². The number of rotatable bonds is 0. The summed E-state index contributed by atoms with van der Waals surface area (Å²) in [4.78, 5) is 0. The van der Waals surface area contributed by atoms with Crippen molar-refractivity contribution in [2.45, 2.75) is 12.5 Å². The molecule has 1 aliphatic rings. The van der Waals surface area contributed by atoms with E-state index in [1.165, 1.54) is 0 Å². The van der Waals surface area contributed by atoms with Crippen LogP contribution in [0.25, 0.3) is 0 Å². The third-order valence-electron chi connectivity index (χ3n) is 0.845. The standard InChI is InChI=1S/C3H8N2O2/c4-2-3(5)7-1-6-2/h2-3H,1,4-5H2. The van der Waals surface area contributed by atoms with E-state index in [1.54, 1.807) is 0 Å². The Labute approximate surface area is 41.4 Å². The van der Waals surface area contributed by atoms with Crippen molar-refractivity contribution in [2.75, 3.05) is 6.79 Å². The predicted octanol–water partition coefficient (Wildman–Crippen LogP) is -1.44. The number of ether oxygens (including phenoxy) is 2. The van der Waals surface area contributed by atoms with Gasteiger partial charge in [0, 0.05) is 0 Å². The van der Waals surface area contributed by atoms with Gasteiger partial charge in [-0.3, -0.25) is 0 Å². The summed E-state index contributed by atoms with van der Waals surface area (Å²) in [6.07, 6.45) is -0.861. The molecule has 1 fully saturated rings. The molecule has 1 heterocycles. The van der Waals surface area contributed by atoms with Gasteiger partial charge in [0.15, 0.2) is 6.79 Å². The van der Waals surface area contributed by atoms with Crippen molar-refractivity contribution in [3.63, 3.8) is 0 Å². The Hall–Kier alpha value is -0.160. The van der Waals surface area contributed by atoms with Gasteiger partial charge in [-0.1, -0.05) is 0 Å². The van der Waals surface area contributed by atoms with E-state index in [2.05, 4.69) is 0 Å². The SMILES string of the molecule is NC1OCOC1N. The normalized spacial score (nSPS) is 42.0. The highest BCUT2D eigenvalue weighted by Crippen LogP contribution is 2.00. The van der Waals surface area contributed by atoms with Crippen LogP contribution in [-0.4, -0.2) is 19.2 Å². The Morgan fingerprint density at radius 2 is 1.57 bits per heavy atom. The van der Waals surface area contributed by atoms with Crippen LogP contribution in [0.4, 0.5) is 0 Å². The molecule has 0 radical (unpaired) electrons. The van der Waals surface area contributed by atoms with Crippen molar-refractivity contribution in [1.29, 1.82) is 0 Å². The van der Waals surface area contributed by atoms with Gasteiger partial charge in [0.1, 0.15) is 12.5 Å². The zero-order valence-electron chi connectivity index (χ0n) is 3.83. The van der Waals surface area contributed by atoms with Crippen LogP contribution in [0.15, 0.2) is 0 Å². The Morgan fingerprint density at radius 3 is 1.71 bits per heavy atom. The molecule has 0 saturated carbocycles. The van der Waals surface area contributed by atoms with E-state index in [0.717, 1.165) is 0 Å². The quantitative estimate of drug-likeness (QED) is 0.395. The van der Waals surface area contributed by atoms with Gasteiger partial charge >= 0.3 is 0 Å². The van der Waals surface area contributed by atoms with Crippen LogP contribution in [0.1, 0.15) is 0 Å². The maximum absolute atomic E-state index is 5.21. The molecule has 0 aromatic carbocycles. The summed E-state index contributed by atoms with van der Waals surface area (Å²) in [5.41, 5.74) is 10.4. The molecule has 42 valence electrons. The first-order valence-electron chi connectivity index (χ1n) is 2.05. The second-order valence-corrected chi connectivity index (χ2v) is 1.38. The fourth-order valence-corrected chi connectivity index (χ4v) is 0.386. The van der Waals surface area contributed by atoms with Gasteiger partial charge in [-0.05, 0) is 0 Å². The molecule has 0 aromatic heterocycles. The largest absolute Gasteiger partial charge is 0.333 e. The zero-order valence-corrected chi connectivity index (χ0v) is 3.83. The molecule has 0 aliphatic carbocycles. The maximum Gasteiger partial charge on any atom is 0.151 e. The Balaban J connectivity index is 2.33. The van der Waals surface area contributed by atoms with Crippen LogP contribution in [0.3, 0.4) is 0 Å². The van der Waals surface area contributed by atoms with Crippen molar-refractivity contribution >= 4 is 0 Å². The molecule has 0 amide bonds. The van der Waals surface area contributed by atoms with Crippen molar-refractivity contribution in [3.8, 4) is 0 Å². The lowest BCUT2D eigenvalue weighted by Crippen LogP contribution is -2.37. The van der Waals surface area contributed by atoms with Gasteiger partial charge < -0.3 is 20.9 Å². The van der Waals surface area contributed by atoms with E-state index in [1.807, 2.05) is 0 Å². The molecule has 4 nitrogen and oxygen atoms in total. The minimum Gasteiger partial charge on any atom is -0.333 e.